The lowest BCUT2D eigenvalue weighted by Crippen LogP contribution is -2.28. The summed E-state index contributed by atoms with van der Waals surface area (Å²) in [5.41, 5.74) is 2.03. The van der Waals surface area contributed by atoms with Crippen molar-refractivity contribution in [3.63, 3.8) is 0 Å². The highest BCUT2D eigenvalue weighted by Crippen LogP contribution is 2.23. The average Bonchev–Trinajstić information content (AvgIpc) is 3.02. The summed E-state index contributed by atoms with van der Waals surface area (Å²) in [5, 5.41) is 0. The third-order valence-electron chi connectivity index (χ3n) is 3.70. The van der Waals surface area contributed by atoms with Crippen LogP contribution in [0.2, 0.25) is 0 Å². The molecule has 1 saturated heterocycles. The second kappa shape index (κ2) is 5.45. The standard InChI is InChI=1S/C17H16FNO/c18-16-9-8-14(13-6-2-1-3-7-13)12-15(16)17(20)19-10-4-5-11-19/h1-3,6-9,12H,4-5,10-11H2. The minimum atomic E-state index is -0.443. The highest BCUT2D eigenvalue weighted by atomic mass is 19.1. The van der Waals surface area contributed by atoms with Crippen molar-refractivity contribution in [1.82, 2.24) is 4.90 Å². The molecule has 0 aliphatic carbocycles. The summed E-state index contributed by atoms with van der Waals surface area (Å²) in [6.07, 6.45) is 2.01. The van der Waals surface area contributed by atoms with Crippen LogP contribution in [-0.2, 0) is 0 Å². The maximum absolute atomic E-state index is 13.9. The zero-order valence-corrected chi connectivity index (χ0v) is 11.2. The van der Waals surface area contributed by atoms with E-state index in [1.807, 2.05) is 30.3 Å². The molecule has 1 fully saturated rings. The van der Waals surface area contributed by atoms with E-state index >= 15 is 0 Å². The van der Waals surface area contributed by atoms with Crippen LogP contribution in [0.25, 0.3) is 11.1 Å². The Hall–Kier alpha value is -2.16. The van der Waals surface area contributed by atoms with Crippen molar-refractivity contribution in [2.24, 2.45) is 0 Å². The van der Waals surface area contributed by atoms with Gasteiger partial charge in [0.25, 0.3) is 5.91 Å². The third kappa shape index (κ3) is 2.44. The predicted octanol–water partition coefficient (Wildman–Crippen LogP) is 3.73. The Morgan fingerprint density at radius 2 is 1.65 bits per heavy atom. The van der Waals surface area contributed by atoms with Crippen molar-refractivity contribution in [3.05, 3.63) is 59.9 Å². The fourth-order valence-electron chi connectivity index (χ4n) is 2.59. The number of benzene rings is 2. The molecular weight excluding hydrogens is 253 g/mol. The van der Waals surface area contributed by atoms with Crippen LogP contribution in [0.4, 0.5) is 4.39 Å². The summed E-state index contributed by atoms with van der Waals surface area (Å²) in [6, 6.07) is 14.5. The van der Waals surface area contributed by atoms with E-state index in [1.165, 1.54) is 6.07 Å². The smallest absolute Gasteiger partial charge is 0.256 e. The quantitative estimate of drug-likeness (QED) is 0.813. The summed E-state index contributed by atoms with van der Waals surface area (Å²) < 4.78 is 13.9. The van der Waals surface area contributed by atoms with Crippen LogP contribution in [0, 0.1) is 5.82 Å². The van der Waals surface area contributed by atoms with Crippen LogP contribution in [0.3, 0.4) is 0 Å². The summed E-state index contributed by atoms with van der Waals surface area (Å²) in [5.74, 6) is -0.639. The van der Waals surface area contributed by atoms with Gasteiger partial charge in [0.15, 0.2) is 0 Å². The molecule has 1 aliphatic rings. The predicted molar refractivity (Wildman–Crippen MR) is 77.0 cm³/mol. The van der Waals surface area contributed by atoms with E-state index in [4.69, 9.17) is 0 Å². The van der Waals surface area contributed by atoms with E-state index in [0.29, 0.717) is 0 Å². The van der Waals surface area contributed by atoms with Gasteiger partial charge >= 0.3 is 0 Å². The number of likely N-dealkylation sites (tertiary alicyclic amines) is 1. The van der Waals surface area contributed by atoms with Gasteiger partial charge in [0.2, 0.25) is 0 Å². The van der Waals surface area contributed by atoms with Gasteiger partial charge in [-0.2, -0.15) is 0 Å². The molecule has 0 spiro atoms. The number of halogens is 1. The molecule has 3 heteroatoms. The molecule has 20 heavy (non-hydrogen) atoms. The molecule has 2 aromatic carbocycles. The molecule has 0 atom stereocenters. The molecule has 1 aliphatic heterocycles. The van der Waals surface area contributed by atoms with Crippen molar-refractivity contribution >= 4 is 5.91 Å². The van der Waals surface area contributed by atoms with Crippen LogP contribution in [0.15, 0.2) is 48.5 Å². The molecular formula is C17H16FNO. The molecule has 0 unspecified atom stereocenters. The second-order valence-electron chi connectivity index (χ2n) is 5.06. The number of amides is 1. The van der Waals surface area contributed by atoms with E-state index in [9.17, 15) is 9.18 Å². The Kier molecular flexibility index (Phi) is 3.50. The summed E-state index contributed by atoms with van der Waals surface area (Å²) in [6.45, 7) is 1.46. The molecule has 0 bridgehead atoms. The second-order valence-corrected chi connectivity index (χ2v) is 5.06. The number of carbonyl (C=O) groups excluding carboxylic acids is 1. The van der Waals surface area contributed by atoms with Crippen molar-refractivity contribution in [1.29, 1.82) is 0 Å². The number of hydrogen-bond donors (Lipinski definition) is 0. The van der Waals surface area contributed by atoms with Gasteiger partial charge in [-0.3, -0.25) is 4.79 Å². The van der Waals surface area contributed by atoms with Gasteiger partial charge in [0, 0.05) is 13.1 Å². The SMILES string of the molecule is O=C(c1cc(-c2ccccc2)ccc1F)N1CCCC1. The van der Waals surface area contributed by atoms with E-state index < -0.39 is 5.82 Å². The lowest BCUT2D eigenvalue weighted by atomic mass is 10.0. The average molecular weight is 269 g/mol. The Balaban J connectivity index is 1.96. The Labute approximate surface area is 117 Å². The van der Waals surface area contributed by atoms with E-state index in [0.717, 1.165) is 37.1 Å². The molecule has 2 nitrogen and oxygen atoms in total. The summed E-state index contributed by atoms with van der Waals surface area (Å²) in [7, 11) is 0. The Bertz CT molecular complexity index is 618. The first kappa shape index (κ1) is 12.9. The van der Waals surface area contributed by atoms with Crippen LogP contribution in [0.1, 0.15) is 23.2 Å². The third-order valence-corrected chi connectivity index (χ3v) is 3.70. The normalized spacial score (nSPS) is 14.6. The molecule has 1 heterocycles. The Morgan fingerprint density at radius 3 is 2.35 bits per heavy atom. The van der Waals surface area contributed by atoms with Crippen LogP contribution in [0.5, 0.6) is 0 Å². The molecule has 0 saturated carbocycles. The van der Waals surface area contributed by atoms with Gasteiger partial charge in [-0.15, -0.1) is 0 Å². The van der Waals surface area contributed by atoms with Gasteiger partial charge < -0.3 is 4.90 Å². The topological polar surface area (TPSA) is 20.3 Å². The fraction of sp³-hybridized carbons (Fsp3) is 0.235. The van der Waals surface area contributed by atoms with E-state index in [-0.39, 0.29) is 11.5 Å². The van der Waals surface area contributed by atoms with Gasteiger partial charge in [-0.1, -0.05) is 36.4 Å². The maximum atomic E-state index is 13.9. The molecule has 0 N–H and O–H groups in total. The van der Waals surface area contributed by atoms with Gasteiger partial charge in [0.1, 0.15) is 5.82 Å². The number of nitrogens with zero attached hydrogens (tertiary/aromatic N) is 1. The minimum absolute atomic E-state index is 0.174. The molecule has 0 radical (unpaired) electrons. The lowest BCUT2D eigenvalue weighted by Gasteiger charge is -2.16. The summed E-state index contributed by atoms with van der Waals surface area (Å²) >= 11 is 0. The number of rotatable bonds is 2. The molecule has 3 rings (SSSR count). The van der Waals surface area contributed by atoms with Crippen LogP contribution >= 0.6 is 0 Å². The number of hydrogen-bond acceptors (Lipinski definition) is 1. The fourth-order valence-corrected chi connectivity index (χ4v) is 2.59. The van der Waals surface area contributed by atoms with E-state index in [1.54, 1.807) is 17.0 Å². The van der Waals surface area contributed by atoms with Crippen molar-refractivity contribution in [2.75, 3.05) is 13.1 Å². The molecule has 0 aromatic heterocycles. The van der Waals surface area contributed by atoms with Crippen molar-refractivity contribution in [2.45, 2.75) is 12.8 Å². The molecule has 1 amide bonds. The minimum Gasteiger partial charge on any atom is -0.339 e. The van der Waals surface area contributed by atoms with Gasteiger partial charge in [0.05, 0.1) is 5.56 Å². The highest BCUT2D eigenvalue weighted by Gasteiger charge is 2.22. The largest absolute Gasteiger partial charge is 0.339 e. The first-order valence-electron chi connectivity index (χ1n) is 6.90. The van der Waals surface area contributed by atoms with Crippen LogP contribution < -0.4 is 0 Å². The van der Waals surface area contributed by atoms with Gasteiger partial charge in [-0.05, 0) is 36.1 Å². The zero-order chi connectivity index (χ0) is 13.9. The lowest BCUT2D eigenvalue weighted by molar-refractivity contribution is 0.0788. The first-order valence-corrected chi connectivity index (χ1v) is 6.90. The highest BCUT2D eigenvalue weighted by molar-refractivity contribution is 5.96. The van der Waals surface area contributed by atoms with Crippen LogP contribution in [-0.4, -0.2) is 23.9 Å². The van der Waals surface area contributed by atoms with E-state index in [2.05, 4.69) is 0 Å². The molecule has 2 aromatic rings. The van der Waals surface area contributed by atoms with Crippen molar-refractivity contribution < 1.29 is 9.18 Å². The summed E-state index contributed by atoms with van der Waals surface area (Å²) in [4.78, 5) is 14.1. The number of carbonyl (C=O) groups is 1. The Morgan fingerprint density at radius 1 is 0.950 bits per heavy atom. The maximum Gasteiger partial charge on any atom is 0.256 e. The monoisotopic (exact) mass is 269 g/mol. The van der Waals surface area contributed by atoms with Gasteiger partial charge in [-0.25, -0.2) is 4.39 Å². The molecule has 102 valence electrons. The first-order chi connectivity index (χ1) is 9.75. The van der Waals surface area contributed by atoms with Crippen molar-refractivity contribution in [3.8, 4) is 11.1 Å². The zero-order valence-electron chi connectivity index (χ0n) is 11.2.